The van der Waals surface area contributed by atoms with E-state index >= 15 is 0 Å². The number of pyridine rings is 1. The van der Waals surface area contributed by atoms with Crippen LogP contribution in [0.2, 0.25) is 5.02 Å². The van der Waals surface area contributed by atoms with Gasteiger partial charge in [0.1, 0.15) is 5.82 Å². The number of alkyl halides is 1. The van der Waals surface area contributed by atoms with E-state index < -0.39 is 0 Å². The molecule has 1 heterocycles. The summed E-state index contributed by atoms with van der Waals surface area (Å²) in [5.41, 5.74) is 0. The van der Waals surface area contributed by atoms with E-state index in [4.69, 9.17) is 27.9 Å². The molecule has 0 bridgehead atoms. The highest BCUT2D eigenvalue weighted by molar-refractivity contribution is 6.30. The fourth-order valence-corrected chi connectivity index (χ4v) is 1.66. The lowest BCUT2D eigenvalue weighted by molar-refractivity contribution is 0.199. The summed E-state index contributed by atoms with van der Waals surface area (Å²) < 4.78 is 4.96. The zero-order chi connectivity index (χ0) is 11.3. The summed E-state index contributed by atoms with van der Waals surface area (Å²) in [6.07, 6.45) is 1.62. The molecule has 0 saturated heterocycles. The van der Waals surface area contributed by atoms with E-state index in [1.54, 1.807) is 19.4 Å². The third kappa shape index (κ3) is 4.24. The minimum absolute atomic E-state index is 0.0440. The predicted octanol–water partition coefficient (Wildman–Crippen LogP) is 2.43. The van der Waals surface area contributed by atoms with E-state index in [-0.39, 0.29) is 5.38 Å². The molecule has 3 nitrogen and oxygen atoms in total. The van der Waals surface area contributed by atoms with Gasteiger partial charge < -0.3 is 9.64 Å². The summed E-state index contributed by atoms with van der Waals surface area (Å²) in [5.74, 6) is 0.848. The highest BCUT2D eigenvalue weighted by Crippen LogP contribution is 2.13. The molecule has 1 aromatic rings. The van der Waals surface area contributed by atoms with E-state index in [0.717, 1.165) is 5.82 Å². The third-order valence-electron chi connectivity index (χ3n) is 1.92. The molecule has 0 aromatic carbocycles. The van der Waals surface area contributed by atoms with Crippen LogP contribution in [0, 0.1) is 0 Å². The maximum Gasteiger partial charge on any atom is 0.128 e. The van der Waals surface area contributed by atoms with E-state index in [9.17, 15) is 0 Å². The Bertz CT molecular complexity index is 292. The summed E-state index contributed by atoms with van der Waals surface area (Å²) in [7, 11) is 3.57. The van der Waals surface area contributed by atoms with Crippen molar-refractivity contribution in [2.45, 2.75) is 5.38 Å². The van der Waals surface area contributed by atoms with E-state index in [0.29, 0.717) is 18.2 Å². The summed E-state index contributed by atoms with van der Waals surface area (Å²) in [5, 5.41) is 0.587. The smallest absolute Gasteiger partial charge is 0.128 e. The number of anilines is 1. The van der Waals surface area contributed by atoms with Gasteiger partial charge in [-0.1, -0.05) is 11.6 Å². The van der Waals surface area contributed by atoms with Crippen molar-refractivity contribution < 1.29 is 4.74 Å². The van der Waals surface area contributed by atoms with Gasteiger partial charge in [-0.05, 0) is 12.1 Å². The summed E-state index contributed by atoms with van der Waals surface area (Å²) in [6.45, 7) is 1.21. The van der Waals surface area contributed by atoms with Gasteiger partial charge in [-0.15, -0.1) is 11.6 Å². The fourth-order valence-electron chi connectivity index (χ4n) is 1.22. The van der Waals surface area contributed by atoms with Crippen LogP contribution < -0.4 is 4.90 Å². The second-order valence-corrected chi connectivity index (χ2v) is 4.32. The number of methoxy groups -OCH3 is 1. The summed E-state index contributed by atoms with van der Waals surface area (Å²) >= 11 is 11.8. The molecular weight excluding hydrogens is 235 g/mol. The molecule has 0 aliphatic carbocycles. The number of hydrogen-bond acceptors (Lipinski definition) is 3. The van der Waals surface area contributed by atoms with Crippen LogP contribution in [-0.4, -0.2) is 37.7 Å². The van der Waals surface area contributed by atoms with Gasteiger partial charge in [-0.3, -0.25) is 0 Å². The maximum atomic E-state index is 6.04. The Balaban J connectivity index is 2.53. The zero-order valence-electron chi connectivity index (χ0n) is 8.78. The Morgan fingerprint density at radius 3 is 2.80 bits per heavy atom. The van der Waals surface area contributed by atoms with Crippen molar-refractivity contribution in [1.29, 1.82) is 0 Å². The van der Waals surface area contributed by atoms with Crippen molar-refractivity contribution in [3.63, 3.8) is 0 Å². The highest BCUT2D eigenvalue weighted by Gasteiger charge is 2.09. The molecule has 84 valence electrons. The van der Waals surface area contributed by atoms with Crippen molar-refractivity contribution in [1.82, 2.24) is 4.98 Å². The Morgan fingerprint density at radius 2 is 2.27 bits per heavy atom. The Hall–Kier alpha value is -0.510. The average Bonchev–Trinajstić information content (AvgIpc) is 2.18. The fraction of sp³-hybridized carbons (Fsp3) is 0.500. The number of halogens is 2. The highest BCUT2D eigenvalue weighted by atomic mass is 35.5. The van der Waals surface area contributed by atoms with E-state index in [2.05, 4.69) is 4.98 Å². The average molecular weight is 249 g/mol. The SMILES string of the molecule is COCC(Cl)CN(C)c1ccc(Cl)cn1. The first kappa shape index (κ1) is 12.6. The van der Waals surface area contributed by atoms with Gasteiger partial charge in [0, 0.05) is 26.9 Å². The van der Waals surface area contributed by atoms with Gasteiger partial charge in [-0.25, -0.2) is 4.98 Å². The molecule has 0 N–H and O–H groups in total. The van der Waals surface area contributed by atoms with Crippen molar-refractivity contribution >= 4 is 29.0 Å². The second-order valence-electron chi connectivity index (χ2n) is 3.27. The normalized spacial score (nSPS) is 12.5. The van der Waals surface area contributed by atoms with Crippen LogP contribution in [0.3, 0.4) is 0 Å². The van der Waals surface area contributed by atoms with Crippen molar-refractivity contribution in [2.75, 3.05) is 32.2 Å². The van der Waals surface area contributed by atoms with Gasteiger partial charge in [0.2, 0.25) is 0 Å². The minimum Gasteiger partial charge on any atom is -0.383 e. The lowest BCUT2D eigenvalue weighted by atomic mass is 10.4. The lowest BCUT2D eigenvalue weighted by Crippen LogP contribution is -2.29. The first-order chi connectivity index (χ1) is 7.13. The molecule has 15 heavy (non-hydrogen) atoms. The monoisotopic (exact) mass is 248 g/mol. The van der Waals surface area contributed by atoms with Crippen LogP contribution in [0.4, 0.5) is 5.82 Å². The Kier molecular flexibility index (Phi) is 5.15. The minimum atomic E-state index is -0.0440. The Morgan fingerprint density at radius 1 is 1.53 bits per heavy atom. The molecule has 0 aliphatic rings. The van der Waals surface area contributed by atoms with Crippen LogP contribution >= 0.6 is 23.2 Å². The molecule has 0 saturated carbocycles. The number of rotatable bonds is 5. The number of nitrogens with zero attached hydrogens (tertiary/aromatic N) is 2. The van der Waals surface area contributed by atoms with Crippen molar-refractivity contribution in [3.8, 4) is 0 Å². The topological polar surface area (TPSA) is 25.4 Å². The van der Waals surface area contributed by atoms with Crippen LogP contribution in [-0.2, 0) is 4.74 Å². The molecule has 1 aromatic heterocycles. The van der Waals surface area contributed by atoms with Crippen LogP contribution in [0.5, 0.6) is 0 Å². The standard InChI is InChI=1S/C10H14Cl2N2O/c1-14(6-9(12)7-15-2)10-4-3-8(11)5-13-10/h3-5,9H,6-7H2,1-2H3. The van der Waals surface area contributed by atoms with Gasteiger partial charge in [-0.2, -0.15) is 0 Å². The maximum absolute atomic E-state index is 6.04. The van der Waals surface area contributed by atoms with Gasteiger partial charge >= 0.3 is 0 Å². The van der Waals surface area contributed by atoms with E-state index in [1.807, 2.05) is 18.0 Å². The molecule has 1 unspecified atom stereocenters. The van der Waals surface area contributed by atoms with Gasteiger partial charge in [0.15, 0.2) is 0 Å². The second kappa shape index (κ2) is 6.16. The van der Waals surface area contributed by atoms with Gasteiger partial charge in [0.25, 0.3) is 0 Å². The molecule has 1 atom stereocenters. The molecule has 0 aliphatic heterocycles. The first-order valence-electron chi connectivity index (χ1n) is 4.59. The summed E-state index contributed by atoms with van der Waals surface area (Å²) in [6, 6.07) is 3.67. The Labute approximate surface area is 100.0 Å². The molecule has 0 spiro atoms. The predicted molar refractivity (Wildman–Crippen MR) is 64.0 cm³/mol. The van der Waals surface area contributed by atoms with Crippen LogP contribution in [0.25, 0.3) is 0 Å². The van der Waals surface area contributed by atoms with Crippen LogP contribution in [0.15, 0.2) is 18.3 Å². The largest absolute Gasteiger partial charge is 0.383 e. The van der Waals surface area contributed by atoms with Crippen molar-refractivity contribution in [2.24, 2.45) is 0 Å². The molecule has 0 fully saturated rings. The van der Waals surface area contributed by atoms with Crippen LogP contribution in [0.1, 0.15) is 0 Å². The first-order valence-corrected chi connectivity index (χ1v) is 5.40. The zero-order valence-corrected chi connectivity index (χ0v) is 10.3. The molecular formula is C10H14Cl2N2O. The third-order valence-corrected chi connectivity index (χ3v) is 2.41. The molecule has 0 amide bonds. The lowest BCUT2D eigenvalue weighted by Gasteiger charge is -2.20. The number of hydrogen-bond donors (Lipinski definition) is 0. The van der Waals surface area contributed by atoms with E-state index in [1.165, 1.54) is 0 Å². The van der Waals surface area contributed by atoms with Crippen molar-refractivity contribution in [3.05, 3.63) is 23.4 Å². The number of ether oxygens (including phenoxy) is 1. The molecule has 1 rings (SSSR count). The molecule has 5 heteroatoms. The quantitative estimate of drug-likeness (QED) is 0.749. The molecule has 0 radical (unpaired) electrons. The van der Waals surface area contributed by atoms with Gasteiger partial charge in [0.05, 0.1) is 17.0 Å². The number of aromatic nitrogens is 1. The summed E-state index contributed by atoms with van der Waals surface area (Å²) in [4.78, 5) is 6.15.